The summed E-state index contributed by atoms with van der Waals surface area (Å²) in [4.78, 5) is 46.2. The molecule has 1 N–H and O–H groups in total. The van der Waals surface area contributed by atoms with Crippen LogP contribution in [0.3, 0.4) is 0 Å². The van der Waals surface area contributed by atoms with Crippen LogP contribution in [0.25, 0.3) is 6.08 Å². The molecule has 3 heterocycles. The van der Waals surface area contributed by atoms with Gasteiger partial charge in [-0.15, -0.1) is 0 Å². The Morgan fingerprint density at radius 2 is 1.68 bits per heavy atom. The molecule has 7 rings (SSSR count). The number of benzene rings is 4. The maximum Gasteiger partial charge on any atom is 0.238 e. The highest BCUT2D eigenvalue weighted by Crippen LogP contribution is 2.62. The Morgan fingerprint density at radius 3 is 2.48 bits per heavy atom. The summed E-state index contributed by atoms with van der Waals surface area (Å²) in [5, 5.41) is 3.08. The molecule has 0 radical (unpaired) electrons. The highest BCUT2D eigenvalue weighted by Gasteiger charge is 2.70. The molecule has 218 valence electrons. The summed E-state index contributed by atoms with van der Waals surface area (Å²) in [6, 6.07) is 27.5. The molecule has 0 bridgehead atoms. The van der Waals surface area contributed by atoms with Gasteiger partial charge in [-0.05, 0) is 65.2 Å². The maximum atomic E-state index is 14.9. The van der Waals surface area contributed by atoms with E-state index in [1.165, 1.54) is 0 Å². The molecule has 0 aliphatic carbocycles. The van der Waals surface area contributed by atoms with Gasteiger partial charge in [0.05, 0.1) is 19.1 Å². The lowest BCUT2D eigenvalue weighted by Gasteiger charge is -2.38. The van der Waals surface area contributed by atoms with Crippen LogP contribution in [0.2, 0.25) is 0 Å². The normalized spacial score (nSPS) is 22.5. The number of carbonyl (C=O) groups is 3. The summed E-state index contributed by atoms with van der Waals surface area (Å²) in [7, 11) is 1.54. The summed E-state index contributed by atoms with van der Waals surface area (Å²) in [6.45, 7) is 4.01. The van der Waals surface area contributed by atoms with Gasteiger partial charge in [0.2, 0.25) is 5.91 Å². The molecule has 7 heteroatoms. The van der Waals surface area contributed by atoms with Gasteiger partial charge in [0, 0.05) is 23.0 Å². The standard InChI is InChI=1S/C37H30N2O5/c1-3-21-44-26-17-15-24(16-18-26)33(40)31-32(34(41)25-10-8-11-27(22-25)43-2)39-20-19-23-9-4-5-12-28(23)35(39)37(31)29-13-6-7-14-30(29)38-36(37)42/h3-20,22,31-32,35H,1,21H2,2H3,(H,38,42)/t31-,32-,35+,37-/m0/s1. The van der Waals surface area contributed by atoms with Gasteiger partial charge in [-0.1, -0.05) is 67.3 Å². The van der Waals surface area contributed by atoms with Crippen molar-refractivity contribution >= 4 is 29.2 Å². The molecule has 4 atom stereocenters. The van der Waals surface area contributed by atoms with Crippen LogP contribution >= 0.6 is 0 Å². The van der Waals surface area contributed by atoms with Crippen molar-refractivity contribution in [2.45, 2.75) is 17.5 Å². The minimum absolute atomic E-state index is 0.267. The number of nitrogens with zero attached hydrogens (tertiary/aromatic N) is 1. The van der Waals surface area contributed by atoms with Crippen molar-refractivity contribution in [2.24, 2.45) is 5.92 Å². The molecule has 1 fully saturated rings. The number of Topliss-reactive ketones (excluding diaryl/α,β-unsaturated/α-hetero) is 2. The zero-order chi connectivity index (χ0) is 30.4. The van der Waals surface area contributed by atoms with Gasteiger partial charge in [0.15, 0.2) is 11.6 Å². The van der Waals surface area contributed by atoms with E-state index in [2.05, 4.69) is 11.9 Å². The van der Waals surface area contributed by atoms with Crippen molar-refractivity contribution in [3.05, 3.63) is 144 Å². The Bertz CT molecular complexity index is 1840. The van der Waals surface area contributed by atoms with E-state index in [0.29, 0.717) is 40.5 Å². The summed E-state index contributed by atoms with van der Waals surface area (Å²) in [5.74, 6) is -0.814. The number of anilines is 1. The monoisotopic (exact) mass is 582 g/mol. The fraction of sp³-hybridized carbons (Fsp3) is 0.162. The third-order valence-corrected chi connectivity index (χ3v) is 8.98. The van der Waals surface area contributed by atoms with Crippen molar-refractivity contribution in [3.8, 4) is 11.5 Å². The van der Waals surface area contributed by atoms with E-state index in [4.69, 9.17) is 9.47 Å². The topological polar surface area (TPSA) is 84.9 Å². The summed E-state index contributed by atoms with van der Waals surface area (Å²) < 4.78 is 11.1. The molecule has 4 aromatic rings. The lowest BCUT2D eigenvalue weighted by molar-refractivity contribution is -0.122. The third-order valence-electron chi connectivity index (χ3n) is 8.98. The van der Waals surface area contributed by atoms with Gasteiger partial charge >= 0.3 is 0 Å². The molecular formula is C37H30N2O5. The zero-order valence-electron chi connectivity index (χ0n) is 24.1. The first-order valence-electron chi connectivity index (χ1n) is 14.5. The minimum atomic E-state index is -1.40. The quantitative estimate of drug-likeness (QED) is 0.196. The van der Waals surface area contributed by atoms with Gasteiger partial charge in [-0.3, -0.25) is 14.4 Å². The van der Waals surface area contributed by atoms with Crippen molar-refractivity contribution in [2.75, 3.05) is 19.0 Å². The summed E-state index contributed by atoms with van der Waals surface area (Å²) in [6.07, 6.45) is 5.46. The Kier molecular flexibility index (Phi) is 6.66. The van der Waals surface area contributed by atoms with E-state index in [1.54, 1.807) is 61.7 Å². The van der Waals surface area contributed by atoms with Crippen LogP contribution < -0.4 is 14.8 Å². The SMILES string of the molecule is C=CCOc1ccc(C(=O)[C@@H]2[C@@H](C(=O)c3cccc(OC)c3)N3C=Cc4ccccc4[C@@H]3[C@@]23C(=O)Nc2ccccc23)cc1. The Balaban J connectivity index is 1.48. The minimum Gasteiger partial charge on any atom is -0.497 e. The average Bonchev–Trinajstić information content (AvgIpc) is 3.55. The number of methoxy groups -OCH3 is 1. The zero-order valence-corrected chi connectivity index (χ0v) is 24.1. The molecule has 1 amide bonds. The second kappa shape index (κ2) is 10.7. The predicted molar refractivity (Wildman–Crippen MR) is 168 cm³/mol. The summed E-state index contributed by atoms with van der Waals surface area (Å²) >= 11 is 0. The molecule has 0 aromatic heterocycles. The molecule has 0 unspecified atom stereocenters. The number of para-hydroxylation sites is 1. The van der Waals surface area contributed by atoms with Crippen LogP contribution in [0, 0.1) is 5.92 Å². The highest BCUT2D eigenvalue weighted by molar-refractivity contribution is 6.16. The third kappa shape index (κ3) is 4.00. The van der Waals surface area contributed by atoms with E-state index in [0.717, 1.165) is 11.1 Å². The number of ether oxygens (including phenoxy) is 2. The van der Waals surface area contributed by atoms with Gasteiger partial charge < -0.3 is 19.7 Å². The Labute approximate surface area is 255 Å². The molecule has 4 aromatic carbocycles. The predicted octanol–water partition coefficient (Wildman–Crippen LogP) is 6.24. The second-order valence-corrected chi connectivity index (χ2v) is 11.2. The molecule has 1 spiro atoms. The van der Waals surface area contributed by atoms with Crippen molar-refractivity contribution in [1.29, 1.82) is 0 Å². The summed E-state index contributed by atoms with van der Waals surface area (Å²) in [5.41, 5.74) is 2.56. The Morgan fingerprint density at radius 1 is 0.909 bits per heavy atom. The van der Waals surface area contributed by atoms with Gasteiger partial charge in [0.25, 0.3) is 0 Å². The molecule has 0 saturated carbocycles. The molecule has 1 saturated heterocycles. The number of amides is 1. The fourth-order valence-corrected chi connectivity index (χ4v) is 7.16. The van der Waals surface area contributed by atoms with E-state index in [-0.39, 0.29) is 17.5 Å². The van der Waals surface area contributed by atoms with Crippen LogP contribution in [0.4, 0.5) is 5.69 Å². The number of carbonyl (C=O) groups excluding carboxylic acids is 3. The number of fused-ring (bicyclic) bond motifs is 6. The van der Waals surface area contributed by atoms with Gasteiger partial charge in [-0.25, -0.2) is 0 Å². The van der Waals surface area contributed by atoms with Crippen LogP contribution in [-0.4, -0.2) is 42.1 Å². The van der Waals surface area contributed by atoms with Crippen LogP contribution in [0.5, 0.6) is 11.5 Å². The number of hydrogen-bond acceptors (Lipinski definition) is 6. The number of hydrogen-bond donors (Lipinski definition) is 1. The largest absolute Gasteiger partial charge is 0.497 e. The molecular weight excluding hydrogens is 552 g/mol. The smallest absolute Gasteiger partial charge is 0.238 e. The van der Waals surface area contributed by atoms with E-state index < -0.39 is 23.4 Å². The first-order chi connectivity index (χ1) is 21.5. The Hall–Kier alpha value is -5.43. The van der Waals surface area contributed by atoms with Crippen molar-refractivity contribution in [3.63, 3.8) is 0 Å². The first kappa shape index (κ1) is 27.4. The van der Waals surface area contributed by atoms with E-state index in [9.17, 15) is 14.4 Å². The van der Waals surface area contributed by atoms with Crippen LogP contribution in [0.15, 0.2) is 116 Å². The fourth-order valence-electron chi connectivity index (χ4n) is 7.16. The van der Waals surface area contributed by atoms with Crippen LogP contribution in [0.1, 0.15) is 43.4 Å². The number of rotatable bonds is 8. The molecule has 7 nitrogen and oxygen atoms in total. The van der Waals surface area contributed by atoms with Crippen LogP contribution in [-0.2, 0) is 10.2 Å². The second-order valence-electron chi connectivity index (χ2n) is 11.2. The van der Waals surface area contributed by atoms with Gasteiger partial charge in [0.1, 0.15) is 29.6 Å². The van der Waals surface area contributed by atoms with E-state index in [1.807, 2.05) is 65.7 Å². The van der Waals surface area contributed by atoms with E-state index >= 15 is 0 Å². The van der Waals surface area contributed by atoms with Crippen molar-refractivity contribution in [1.82, 2.24) is 4.90 Å². The molecule has 3 aliphatic heterocycles. The highest BCUT2D eigenvalue weighted by atomic mass is 16.5. The average molecular weight is 583 g/mol. The first-order valence-corrected chi connectivity index (χ1v) is 14.5. The lowest BCUT2D eigenvalue weighted by Crippen LogP contribution is -2.49. The number of ketones is 2. The number of nitrogens with one attached hydrogen (secondary N) is 1. The van der Waals surface area contributed by atoms with Gasteiger partial charge in [-0.2, -0.15) is 0 Å². The lowest BCUT2D eigenvalue weighted by atomic mass is 9.62. The van der Waals surface area contributed by atoms with Crippen molar-refractivity contribution < 1.29 is 23.9 Å². The molecule has 44 heavy (non-hydrogen) atoms. The molecule has 3 aliphatic rings. The maximum absolute atomic E-state index is 14.9.